The molecule has 5 rings (SSSR count). The van der Waals surface area contributed by atoms with Crippen LogP contribution in [-0.4, -0.2) is 59.9 Å². The average molecular weight is 419 g/mol. The monoisotopic (exact) mass is 418 g/mol. The van der Waals surface area contributed by atoms with Crippen LogP contribution in [-0.2, 0) is 4.74 Å². The van der Waals surface area contributed by atoms with Crippen LogP contribution < -0.4 is 16.0 Å². The van der Waals surface area contributed by atoms with E-state index in [-0.39, 0.29) is 5.60 Å². The third-order valence-electron chi connectivity index (χ3n) is 6.33. The Morgan fingerprint density at radius 3 is 2.65 bits per heavy atom. The van der Waals surface area contributed by atoms with Gasteiger partial charge in [0.15, 0.2) is 5.82 Å². The van der Waals surface area contributed by atoms with E-state index in [4.69, 9.17) is 9.72 Å². The van der Waals surface area contributed by atoms with E-state index >= 15 is 0 Å². The molecule has 162 valence electrons. The van der Waals surface area contributed by atoms with Crippen LogP contribution in [0.5, 0.6) is 0 Å². The summed E-state index contributed by atoms with van der Waals surface area (Å²) in [6, 6.07) is 10.9. The van der Waals surface area contributed by atoms with E-state index in [1.54, 1.807) is 12.4 Å². The second-order valence-electron chi connectivity index (χ2n) is 8.76. The Labute approximate surface area is 183 Å². The van der Waals surface area contributed by atoms with Crippen molar-refractivity contribution in [2.24, 2.45) is 0 Å². The standard InChI is InChI=1S/C24H30N6O/c1-24(15-26-12-13-31-24)16-29-23-22-21(27-10-11-28-22)14-20(30-23)19-4-2-17(3-5-19)18-6-8-25-9-7-18/h2-5,10-11,14,18,25-26H,6-9,12-13,15-16H2,1H3,(H,29,30). The number of morpholine rings is 1. The Bertz CT molecular complexity index is 1030. The largest absolute Gasteiger partial charge is 0.371 e. The fourth-order valence-corrected chi connectivity index (χ4v) is 4.48. The highest BCUT2D eigenvalue weighted by Crippen LogP contribution is 2.30. The molecule has 2 aromatic heterocycles. The van der Waals surface area contributed by atoms with Crippen LogP contribution in [0.4, 0.5) is 5.82 Å². The fraction of sp³-hybridized carbons (Fsp3) is 0.458. The zero-order chi connectivity index (χ0) is 21.1. The van der Waals surface area contributed by atoms with Crippen LogP contribution in [0.3, 0.4) is 0 Å². The summed E-state index contributed by atoms with van der Waals surface area (Å²) < 4.78 is 5.99. The third kappa shape index (κ3) is 4.54. The van der Waals surface area contributed by atoms with E-state index in [2.05, 4.69) is 57.1 Å². The molecule has 0 radical (unpaired) electrons. The lowest BCUT2D eigenvalue weighted by atomic mass is 9.89. The maximum atomic E-state index is 5.99. The van der Waals surface area contributed by atoms with Crippen molar-refractivity contribution in [1.29, 1.82) is 0 Å². The Morgan fingerprint density at radius 2 is 1.87 bits per heavy atom. The number of pyridine rings is 1. The van der Waals surface area contributed by atoms with Gasteiger partial charge in [-0.25, -0.2) is 9.97 Å². The van der Waals surface area contributed by atoms with Crippen molar-refractivity contribution in [3.63, 3.8) is 0 Å². The number of benzene rings is 1. The molecular weight excluding hydrogens is 388 g/mol. The molecule has 0 aliphatic carbocycles. The third-order valence-corrected chi connectivity index (χ3v) is 6.33. The molecule has 0 saturated carbocycles. The zero-order valence-corrected chi connectivity index (χ0v) is 18.0. The number of piperidine rings is 1. The van der Waals surface area contributed by atoms with E-state index in [1.807, 2.05) is 6.07 Å². The van der Waals surface area contributed by atoms with Crippen LogP contribution in [0.15, 0.2) is 42.7 Å². The van der Waals surface area contributed by atoms with Gasteiger partial charge in [-0.15, -0.1) is 0 Å². The quantitative estimate of drug-likeness (QED) is 0.587. The summed E-state index contributed by atoms with van der Waals surface area (Å²) in [5.74, 6) is 1.39. The van der Waals surface area contributed by atoms with Crippen LogP contribution in [0, 0.1) is 0 Å². The van der Waals surface area contributed by atoms with Gasteiger partial charge in [0.1, 0.15) is 5.52 Å². The smallest absolute Gasteiger partial charge is 0.155 e. The van der Waals surface area contributed by atoms with Crippen molar-refractivity contribution < 1.29 is 4.74 Å². The molecule has 0 bridgehead atoms. The van der Waals surface area contributed by atoms with Crippen LogP contribution in [0.2, 0.25) is 0 Å². The Morgan fingerprint density at radius 1 is 1.06 bits per heavy atom. The number of hydrogen-bond donors (Lipinski definition) is 3. The molecular formula is C24H30N6O. The molecule has 1 unspecified atom stereocenters. The van der Waals surface area contributed by atoms with Crippen molar-refractivity contribution in [3.05, 3.63) is 48.3 Å². The van der Waals surface area contributed by atoms with Crippen molar-refractivity contribution >= 4 is 16.9 Å². The van der Waals surface area contributed by atoms with Gasteiger partial charge in [0.25, 0.3) is 0 Å². The Hall–Kier alpha value is -2.61. The number of rotatable bonds is 5. The summed E-state index contributed by atoms with van der Waals surface area (Å²) in [5.41, 5.74) is 4.76. The number of hydrogen-bond acceptors (Lipinski definition) is 7. The summed E-state index contributed by atoms with van der Waals surface area (Å²) in [6.07, 6.45) is 5.84. The topological polar surface area (TPSA) is 84.0 Å². The molecule has 2 aliphatic heterocycles. The first kappa shape index (κ1) is 20.3. The molecule has 3 aromatic rings. The average Bonchev–Trinajstić information content (AvgIpc) is 2.83. The first-order valence-electron chi connectivity index (χ1n) is 11.2. The van der Waals surface area contributed by atoms with Crippen molar-refractivity contribution in [1.82, 2.24) is 25.6 Å². The van der Waals surface area contributed by atoms with Gasteiger partial charge in [-0.2, -0.15) is 0 Å². The molecule has 0 spiro atoms. The molecule has 31 heavy (non-hydrogen) atoms. The van der Waals surface area contributed by atoms with E-state index in [1.165, 1.54) is 18.4 Å². The van der Waals surface area contributed by atoms with E-state index < -0.39 is 0 Å². The summed E-state index contributed by atoms with van der Waals surface area (Å²) in [7, 11) is 0. The number of ether oxygens (including phenoxy) is 1. The summed E-state index contributed by atoms with van der Waals surface area (Å²) >= 11 is 0. The minimum Gasteiger partial charge on any atom is -0.371 e. The molecule has 7 nitrogen and oxygen atoms in total. The molecule has 7 heteroatoms. The molecule has 2 fully saturated rings. The SMILES string of the molecule is CC1(CNc2nc(-c3ccc(C4CCNCC4)cc3)cc3nccnc23)CNCCO1. The lowest BCUT2D eigenvalue weighted by molar-refractivity contribution is -0.0425. The van der Waals surface area contributed by atoms with Crippen LogP contribution in [0.1, 0.15) is 31.2 Å². The molecule has 1 aromatic carbocycles. The minimum absolute atomic E-state index is 0.277. The number of nitrogens with one attached hydrogen (secondary N) is 3. The van der Waals surface area contributed by atoms with Gasteiger partial charge < -0.3 is 20.7 Å². The molecule has 0 amide bonds. The van der Waals surface area contributed by atoms with E-state index in [0.717, 1.165) is 60.9 Å². The summed E-state index contributed by atoms with van der Waals surface area (Å²) in [5, 5.41) is 10.3. The van der Waals surface area contributed by atoms with Gasteiger partial charge in [0.2, 0.25) is 0 Å². The van der Waals surface area contributed by atoms with Crippen molar-refractivity contribution in [2.75, 3.05) is 44.6 Å². The fourth-order valence-electron chi connectivity index (χ4n) is 4.48. The predicted molar refractivity (Wildman–Crippen MR) is 123 cm³/mol. The molecule has 4 heterocycles. The Kier molecular flexibility index (Phi) is 5.80. The minimum atomic E-state index is -0.277. The molecule has 2 saturated heterocycles. The number of fused-ring (bicyclic) bond motifs is 1. The van der Waals surface area contributed by atoms with Crippen LogP contribution in [0.25, 0.3) is 22.3 Å². The first-order valence-corrected chi connectivity index (χ1v) is 11.2. The summed E-state index contributed by atoms with van der Waals surface area (Å²) in [6.45, 7) is 7.39. The zero-order valence-electron chi connectivity index (χ0n) is 18.0. The van der Waals surface area contributed by atoms with Gasteiger partial charge in [-0.3, -0.25) is 4.98 Å². The van der Waals surface area contributed by atoms with Gasteiger partial charge in [-0.1, -0.05) is 24.3 Å². The van der Waals surface area contributed by atoms with Gasteiger partial charge in [-0.05, 0) is 50.4 Å². The highest BCUT2D eigenvalue weighted by molar-refractivity contribution is 5.88. The lowest BCUT2D eigenvalue weighted by Crippen LogP contribution is -2.51. The van der Waals surface area contributed by atoms with Crippen LogP contribution >= 0.6 is 0 Å². The summed E-state index contributed by atoms with van der Waals surface area (Å²) in [4.78, 5) is 14.0. The Balaban J connectivity index is 1.42. The first-order chi connectivity index (χ1) is 15.2. The predicted octanol–water partition coefficient (Wildman–Crippen LogP) is 2.95. The maximum Gasteiger partial charge on any atom is 0.155 e. The van der Waals surface area contributed by atoms with Gasteiger partial charge >= 0.3 is 0 Å². The highest BCUT2D eigenvalue weighted by atomic mass is 16.5. The maximum absolute atomic E-state index is 5.99. The highest BCUT2D eigenvalue weighted by Gasteiger charge is 2.28. The number of anilines is 1. The second-order valence-corrected chi connectivity index (χ2v) is 8.76. The number of aromatic nitrogens is 3. The lowest BCUT2D eigenvalue weighted by Gasteiger charge is -2.34. The molecule has 2 aliphatic rings. The molecule has 1 atom stereocenters. The van der Waals surface area contributed by atoms with Gasteiger partial charge in [0.05, 0.1) is 23.4 Å². The molecule has 3 N–H and O–H groups in total. The van der Waals surface area contributed by atoms with Crippen molar-refractivity contribution in [2.45, 2.75) is 31.3 Å². The second kappa shape index (κ2) is 8.86. The number of nitrogens with zero attached hydrogens (tertiary/aromatic N) is 3. The van der Waals surface area contributed by atoms with Crippen molar-refractivity contribution in [3.8, 4) is 11.3 Å². The van der Waals surface area contributed by atoms with E-state index in [0.29, 0.717) is 12.5 Å². The normalized spacial score (nSPS) is 22.5. The van der Waals surface area contributed by atoms with E-state index in [9.17, 15) is 0 Å². The van der Waals surface area contributed by atoms with Gasteiger partial charge in [0, 0.05) is 37.6 Å².